The molecule has 1 amide bonds. The average Bonchev–Trinajstić information content (AvgIpc) is 2.35. The van der Waals surface area contributed by atoms with Crippen LogP contribution in [0.3, 0.4) is 0 Å². The van der Waals surface area contributed by atoms with Gasteiger partial charge in [-0.25, -0.2) is 0 Å². The quantitative estimate of drug-likeness (QED) is 0.626. The molecule has 0 atom stereocenters. The first-order chi connectivity index (χ1) is 8.65. The molecule has 0 spiro atoms. The lowest BCUT2D eigenvalue weighted by Gasteiger charge is -2.07. The fraction of sp³-hybridized carbons (Fsp3) is 0.0714. The summed E-state index contributed by atoms with van der Waals surface area (Å²) in [5.41, 5.74) is 1.84. The SMILES string of the molecule is O=C(Cc1ccc(S)cc1)Nc1ccccc1I. The number of halogens is 1. The number of carbonyl (C=O) groups is 1. The Hall–Kier alpha value is -1.01. The Bertz CT molecular complexity index is 554. The van der Waals surface area contributed by atoms with Crippen LogP contribution >= 0.6 is 35.2 Å². The number of hydrogen-bond donors (Lipinski definition) is 2. The van der Waals surface area contributed by atoms with Crippen LogP contribution in [0.1, 0.15) is 5.56 Å². The summed E-state index contributed by atoms with van der Waals surface area (Å²) in [6, 6.07) is 15.3. The maximum Gasteiger partial charge on any atom is 0.228 e. The number of anilines is 1. The van der Waals surface area contributed by atoms with Crippen LogP contribution in [-0.2, 0) is 11.2 Å². The largest absolute Gasteiger partial charge is 0.325 e. The first-order valence-corrected chi connectivity index (χ1v) is 7.00. The minimum atomic E-state index is -0.00831. The molecule has 0 aliphatic heterocycles. The predicted octanol–water partition coefficient (Wildman–Crippen LogP) is 3.76. The molecule has 2 aromatic rings. The van der Waals surface area contributed by atoms with E-state index in [2.05, 4.69) is 40.5 Å². The minimum absolute atomic E-state index is 0.00831. The van der Waals surface area contributed by atoms with Crippen molar-refractivity contribution in [2.24, 2.45) is 0 Å². The summed E-state index contributed by atoms with van der Waals surface area (Å²) in [4.78, 5) is 12.8. The summed E-state index contributed by atoms with van der Waals surface area (Å²) >= 11 is 6.42. The number of thiol groups is 1. The standard InChI is InChI=1S/C14H12INOS/c15-12-3-1-2-4-13(12)16-14(17)9-10-5-7-11(18)8-6-10/h1-8,18H,9H2,(H,16,17). The van der Waals surface area contributed by atoms with Gasteiger partial charge in [0, 0.05) is 8.47 Å². The second kappa shape index (κ2) is 6.24. The molecule has 2 aromatic carbocycles. The first-order valence-electron chi connectivity index (χ1n) is 5.47. The molecule has 4 heteroatoms. The van der Waals surface area contributed by atoms with Crippen molar-refractivity contribution in [2.45, 2.75) is 11.3 Å². The predicted molar refractivity (Wildman–Crippen MR) is 85.2 cm³/mol. The lowest BCUT2D eigenvalue weighted by molar-refractivity contribution is -0.115. The molecule has 92 valence electrons. The number of benzene rings is 2. The maximum absolute atomic E-state index is 11.9. The van der Waals surface area contributed by atoms with Crippen molar-refractivity contribution >= 4 is 46.8 Å². The number of rotatable bonds is 3. The van der Waals surface area contributed by atoms with Gasteiger partial charge in [-0.1, -0.05) is 24.3 Å². The molecule has 0 aliphatic carbocycles. The van der Waals surface area contributed by atoms with E-state index < -0.39 is 0 Å². The van der Waals surface area contributed by atoms with Crippen molar-refractivity contribution < 1.29 is 4.79 Å². The molecule has 0 radical (unpaired) electrons. The van der Waals surface area contributed by atoms with Gasteiger partial charge < -0.3 is 5.32 Å². The Kier molecular flexibility index (Phi) is 4.66. The van der Waals surface area contributed by atoms with E-state index in [1.165, 1.54) is 0 Å². The minimum Gasteiger partial charge on any atom is -0.325 e. The fourth-order valence-corrected chi connectivity index (χ4v) is 2.23. The zero-order chi connectivity index (χ0) is 13.0. The van der Waals surface area contributed by atoms with Crippen LogP contribution in [0.4, 0.5) is 5.69 Å². The van der Waals surface area contributed by atoms with Gasteiger partial charge in [0.15, 0.2) is 0 Å². The van der Waals surface area contributed by atoms with Crippen LogP contribution < -0.4 is 5.32 Å². The first kappa shape index (κ1) is 13.4. The van der Waals surface area contributed by atoms with E-state index in [0.29, 0.717) is 6.42 Å². The Morgan fingerprint density at radius 1 is 1.11 bits per heavy atom. The smallest absolute Gasteiger partial charge is 0.228 e. The molecule has 0 aliphatic rings. The number of amides is 1. The van der Waals surface area contributed by atoms with Gasteiger partial charge in [0.05, 0.1) is 12.1 Å². The van der Waals surface area contributed by atoms with E-state index in [4.69, 9.17) is 0 Å². The van der Waals surface area contributed by atoms with Gasteiger partial charge in [-0.3, -0.25) is 4.79 Å². The molecular weight excluding hydrogens is 357 g/mol. The number of hydrogen-bond acceptors (Lipinski definition) is 2. The zero-order valence-corrected chi connectivity index (χ0v) is 12.6. The summed E-state index contributed by atoms with van der Waals surface area (Å²) in [6.45, 7) is 0. The third-order valence-electron chi connectivity index (χ3n) is 2.45. The highest BCUT2D eigenvalue weighted by atomic mass is 127. The van der Waals surface area contributed by atoms with E-state index in [1.54, 1.807) is 0 Å². The van der Waals surface area contributed by atoms with Gasteiger partial charge in [-0.05, 0) is 52.4 Å². The van der Waals surface area contributed by atoms with Crippen molar-refractivity contribution in [1.82, 2.24) is 0 Å². The maximum atomic E-state index is 11.9. The number of para-hydroxylation sites is 1. The van der Waals surface area contributed by atoms with E-state index in [-0.39, 0.29) is 5.91 Å². The van der Waals surface area contributed by atoms with E-state index >= 15 is 0 Å². The van der Waals surface area contributed by atoms with E-state index in [0.717, 1.165) is 19.7 Å². The Morgan fingerprint density at radius 3 is 2.44 bits per heavy atom. The highest BCUT2D eigenvalue weighted by molar-refractivity contribution is 14.1. The normalized spacial score (nSPS) is 10.1. The number of nitrogens with one attached hydrogen (secondary N) is 1. The number of carbonyl (C=O) groups excluding carboxylic acids is 1. The highest BCUT2D eigenvalue weighted by Gasteiger charge is 2.05. The second-order valence-electron chi connectivity index (χ2n) is 3.87. The summed E-state index contributed by atoms with van der Waals surface area (Å²) in [5.74, 6) is -0.00831. The molecule has 0 saturated heterocycles. The van der Waals surface area contributed by atoms with Crippen LogP contribution in [-0.4, -0.2) is 5.91 Å². The lowest BCUT2D eigenvalue weighted by atomic mass is 10.1. The van der Waals surface area contributed by atoms with Crippen molar-refractivity contribution in [1.29, 1.82) is 0 Å². The molecular formula is C14H12INOS. The fourth-order valence-electron chi connectivity index (χ4n) is 1.56. The Labute approximate surface area is 125 Å². The lowest BCUT2D eigenvalue weighted by Crippen LogP contribution is -2.15. The highest BCUT2D eigenvalue weighted by Crippen LogP contribution is 2.17. The zero-order valence-electron chi connectivity index (χ0n) is 9.56. The van der Waals surface area contributed by atoms with Crippen LogP contribution in [0, 0.1) is 3.57 Å². The molecule has 0 bridgehead atoms. The molecule has 0 heterocycles. The van der Waals surface area contributed by atoms with Crippen molar-refractivity contribution in [3.8, 4) is 0 Å². The molecule has 2 rings (SSSR count). The van der Waals surface area contributed by atoms with Gasteiger partial charge in [0.25, 0.3) is 0 Å². The molecule has 18 heavy (non-hydrogen) atoms. The third-order valence-corrected chi connectivity index (χ3v) is 3.69. The summed E-state index contributed by atoms with van der Waals surface area (Å²) in [5, 5.41) is 2.91. The van der Waals surface area contributed by atoms with Gasteiger partial charge >= 0.3 is 0 Å². The molecule has 1 N–H and O–H groups in total. The molecule has 0 unspecified atom stereocenters. The average molecular weight is 369 g/mol. The van der Waals surface area contributed by atoms with Gasteiger partial charge in [-0.2, -0.15) is 0 Å². The molecule has 0 fully saturated rings. The molecule has 0 saturated carbocycles. The summed E-state index contributed by atoms with van der Waals surface area (Å²) in [7, 11) is 0. The van der Waals surface area contributed by atoms with Crippen LogP contribution in [0.25, 0.3) is 0 Å². The third kappa shape index (κ3) is 3.74. The van der Waals surface area contributed by atoms with Gasteiger partial charge in [0.2, 0.25) is 5.91 Å². The summed E-state index contributed by atoms with van der Waals surface area (Å²) < 4.78 is 1.04. The Morgan fingerprint density at radius 2 is 1.78 bits per heavy atom. The van der Waals surface area contributed by atoms with Gasteiger partial charge in [-0.15, -0.1) is 12.6 Å². The van der Waals surface area contributed by atoms with Crippen molar-refractivity contribution in [3.63, 3.8) is 0 Å². The summed E-state index contributed by atoms with van der Waals surface area (Å²) in [6.07, 6.45) is 0.374. The van der Waals surface area contributed by atoms with Crippen molar-refractivity contribution in [3.05, 3.63) is 57.7 Å². The van der Waals surface area contributed by atoms with Crippen LogP contribution in [0.15, 0.2) is 53.4 Å². The van der Waals surface area contributed by atoms with E-state index in [1.807, 2.05) is 48.5 Å². The molecule has 0 aromatic heterocycles. The Balaban J connectivity index is 2.01. The van der Waals surface area contributed by atoms with Crippen LogP contribution in [0.2, 0.25) is 0 Å². The van der Waals surface area contributed by atoms with Crippen LogP contribution in [0.5, 0.6) is 0 Å². The van der Waals surface area contributed by atoms with E-state index in [9.17, 15) is 4.79 Å². The molecule has 2 nitrogen and oxygen atoms in total. The topological polar surface area (TPSA) is 29.1 Å². The second-order valence-corrected chi connectivity index (χ2v) is 5.55. The van der Waals surface area contributed by atoms with Crippen molar-refractivity contribution in [2.75, 3.05) is 5.32 Å². The van der Waals surface area contributed by atoms with Gasteiger partial charge in [0.1, 0.15) is 0 Å². The monoisotopic (exact) mass is 369 g/mol.